The van der Waals surface area contributed by atoms with E-state index in [2.05, 4.69) is 20.7 Å². The highest BCUT2D eigenvalue weighted by Crippen LogP contribution is 2.26. The van der Waals surface area contributed by atoms with Crippen LogP contribution in [0.15, 0.2) is 16.6 Å². The quantitative estimate of drug-likeness (QED) is 0.487. The molecule has 0 aliphatic carbocycles. The van der Waals surface area contributed by atoms with Crippen LogP contribution in [0.2, 0.25) is 0 Å². The monoisotopic (exact) mass is 304 g/mol. The molecule has 6 heteroatoms. The van der Waals surface area contributed by atoms with Crippen LogP contribution in [0.25, 0.3) is 0 Å². The number of methoxy groups -OCH3 is 1. The summed E-state index contributed by atoms with van der Waals surface area (Å²) >= 11 is 3.09. The summed E-state index contributed by atoms with van der Waals surface area (Å²) in [5, 5.41) is 0. The molecule has 1 aromatic rings. The highest BCUT2D eigenvalue weighted by atomic mass is 79.9. The zero-order valence-electron chi connectivity index (χ0n) is 9.25. The molecule has 0 fully saturated rings. The van der Waals surface area contributed by atoms with Gasteiger partial charge in [0.05, 0.1) is 19.3 Å². The highest BCUT2D eigenvalue weighted by Gasteiger charge is 2.24. The molecule has 0 unspecified atom stereocenters. The fourth-order valence-corrected chi connectivity index (χ4v) is 1.62. The predicted molar refractivity (Wildman–Crippen MR) is 61.6 cm³/mol. The lowest BCUT2D eigenvalue weighted by Gasteiger charge is -2.07. The van der Waals surface area contributed by atoms with Gasteiger partial charge >= 0.3 is 5.97 Å². The van der Waals surface area contributed by atoms with E-state index in [1.807, 2.05) is 0 Å². The third-order valence-corrected chi connectivity index (χ3v) is 2.39. The Morgan fingerprint density at radius 1 is 1.41 bits per heavy atom. The van der Waals surface area contributed by atoms with Crippen molar-refractivity contribution in [2.24, 2.45) is 0 Å². The minimum atomic E-state index is -1.09. The minimum absolute atomic E-state index is 0.0529. The standard InChI is InChI=1S/C11H10BrFO4/c1-3-17-11(15)10(14)7-4-6(12)5-8(16-2)9(7)13/h4-5H,3H2,1-2H3. The Hall–Kier alpha value is -1.43. The summed E-state index contributed by atoms with van der Waals surface area (Å²) in [5.74, 6) is -3.13. The molecule has 0 aliphatic rings. The third-order valence-electron chi connectivity index (χ3n) is 1.93. The summed E-state index contributed by atoms with van der Waals surface area (Å²) < 4.78 is 23.4. The van der Waals surface area contributed by atoms with E-state index >= 15 is 0 Å². The van der Waals surface area contributed by atoms with Crippen LogP contribution in [0, 0.1) is 5.82 Å². The van der Waals surface area contributed by atoms with Gasteiger partial charge in [-0.25, -0.2) is 9.18 Å². The number of ketones is 1. The molecule has 0 aromatic heterocycles. The molecule has 0 amide bonds. The lowest BCUT2D eigenvalue weighted by Crippen LogP contribution is -2.19. The molecule has 1 rings (SSSR count). The van der Waals surface area contributed by atoms with Crippen molar-refractivity contribution in [3.8, 4) is 5.75 Å². The Labute approximate surface area is 106 Å². The van der Waals surface area contributed by atoms with Crippen molar-refractivity contribution in [1.82, 2.24) is 0 Å². The number of Topliss-reactive ketones (excluding diaryl/α,β-unsaturated/α-hetero) is 1. The molecular weight excluding hydrogens is 295 g/mol. The van der Waals surface area contributed by atoms with Gasteiger partial charge in [0.2, 0.25) is 0 Å². The fraction of sp³-hybridized carbons (Fsp3) is 0.273. The largest absolute Gasteiger partial charge is 0.494 e. The highest BCUT2D eigenvalue weighted by molar-refractivity contribution is 9.10. The first-order valence-electron chi connectivity index (χ1n) is 4.75. The molecular formula is C11H10BrFO4. The van der Waals surface area contributed by atoms with Gasteiger partial charge in [-0.3, -0.25) is 4.79 Å². The molecule has 17 heavy (non-hydrogen) atoms. The molecule has 0 saturated heterocycles. The molecule has 0 saturated carbocycles. The van der Waals surface area contributed by atoms with E-state index < -0.39 is 17.6 Å². The molecule has 0 spiro atoms. The van der Waals surface area contributed by atoms with Crippen LogP contribution in [-0.4, -0.2) is 25.5 Å². The molecule has 0 bridgehead atoms. The molecule has 0 radical (unpaired) electrons. The number of ether oxygens (including phenoxy) is 2. The molecule has 0 aliphatic heterocycles. The van der Waals surface area contributed by atoms with Gasteiger partial charge in [0.1, 0.15) is 0 Å². The lowest BCUT2D eigenvalue weighted by molar-refractivity contribution is -0.137. The Morgan fingerprint density at radius 2 is 2.06 bits per heavy atom. The first-order valence-corrected chi connectivity index (χ1v) is 5.55. The smallest absolute Gasteiger partial charge is 0.379 e. The number of hydrogen-bond donors (Lipinski definition) is 0. The Morgan fingerprint density at radius 3 is 2.59 bits per heavy atom. The van der Waals surface area contributed by atoms with Crippen molar-refractivity contribution in [1.29, 1.82) is 0 Å². The van der Waals surface area contributed by atoms with Gasteiger partial charge in [0.15, 0.2) is 11.6 Å². The molecule has 0 N–H and O–H groups in total. The fourth-order valence-electron chi connectivity index (χ4n) is 1.18. The Kier molecular flexibility index (Phi) is 4.62. The van der Waals surface area contributed by atoms with Crippen LogP contribution < -0.4 is 4.74 Å². The minimum Gasteiger partial charge on any atom is -0.494 e. The van der Waals surface area contributed by atoms with Crippen LogP contribution in [0.3, 0.4) is 0 Å². The Balaban J connectivity index is 3.17. The maximum Gasteiger partial charge on any atom is 0.379 e. The SMILES string of the molecule is CCOC(=O)C(=O)c1cc(Br)cc(OC)c1F. The summed E-state index contributed by atoms with van der Waals surface area (Å²) in [6, 6.07) is 2.56. The van der Waals surface area contributed by atoms with Crippen molar-refractivity contribution in [3.63, 3.8) is 0 Å². The second-order valence-electron chi connectivity index (χ2n) is 3.02. The van der Waals surface area contributed by atoms with Crippen molar-refractivity contribution in [2.75, 3.05) is 13.7 Å². The van der Waals surface area contributed by atoms with E-state index in [0.29, 0.717) is 4.47 Å². The molecule has 1 aromatic carbocycles. The van der Waals surface area contributed by atoms with Gasteiger partial charge in [0.25, 0.3) is 5.78 Å². The second-order valence-corrected chi connectivity index (χ2v) is 3.93. The zero-order valence-corrected chi connectivity index (χ0v) is 10.8. The average Bonchev–Trinajstić information content (AvgIpc) is 2.31. The second kappa shape index (κ2) is 5.77. The molecule has 4 nitrogen and oxygen atoms in total. The first-order chi connectivity index (χ1) is 8.01. The van der Waals surface area contributed by atoms with Crippen molar-refractivity contribution < 1.29 is 23.5 Å². The van der Waals surface area contributed by atoms with Gasteiger partial charge in [-0.1, -0.05) is 15.9 Å². The van der Waals surface area contributed by atoms with E-state index in [4.69, 9.17) is 4.74 Å². The average molecular weight is 305 g/mol. The normalized spacial score (nSPS) is 9.88. The molecule has 0 atom stereocenters. The van der Waals surface area contributed by atoms with Crippen LogP contribution in [0.5, 0.6) is 5.75 Å². The van der Waals surface area contributed by atoms with Crippen LogP contribution in [-0.2, 0) is 9.53 Å². The van der Waals surface area contributed by atoms with Crippen molar-refractivity contribution in [2.45, 2.75) is 6.92 Å². The van der Waals surface area contributed by atoms with Crippen molar-refractivity contribution in [3.05, 3.63) is 28.0 Å². The summed E-state index contributed by atoms with van der Waals surface area (Å²) in [6.45, 7) is 1.61. The third kappa shape index (κ3) is 3.03. The zero-order chi connectivity index (χ0) is 13.0. The number of esters is 1. The topological polar surface area (TPSA) is 52.6 Å². The van der Waals surface area contributed by atoms with E-state index in [0.717, 1.165) is 0 Å². The van der Waals surface area contributed by atoms with Gasteiger partial charge in [-0.05, 0) is 19.1 Å². The van der Waals surface area contributed by atoms with E-state index in [-0.39, 0.29) is 17.9 Å². The molecule has 0 heterocycles. The number of carbonyl (C=O) groups excluding carboxylic acids is 2. The summed E-state index contributed by atoms with van der Waals surface area (Å²) in [7, 11) is 1.27. The number of rotatable bonds is 4. The van der Waals surface area contributed by atoms with E-state index in [1.54, 1.807) is 6.92 Å². The van der Waals surface area contributed by atoms with Gasteiger partial charge in [-0.15, -0.1) is 0 Å². The maximum atomic E-state index is 13.7. The van der Waals surface area contributed by atoms with Gasteiger partial charge in [0, 0.05) is 4.47 Å². The molecule has 92 valence electrons. The van der Waals surface area contributed by atoms with Crippen LogP contribution in [0.4, 0.5) is 4.39 Å². The van der Waals surface area contributed by atoms with Crippen LogP contribution >= 0.6 is 15.9 Å². The predicted octanol–water partition coefficient (Wildman–Crippen LogP) is 2.34. The number of hydrogen-bond acceptors (Lipinski definition) is 4. The van der Waals surface area contributed by atoms with Crippen molar-refractivity contribution >= 4 is 27.7 Å². The van der Waals surface area contributed by atoms with E-state index in [9.17, 15) is 14.0 Å². The number of carbonyl (C=O) groups is 2. The number of halogens is 2. The summed E-state index contributed by atoms with van der Waals surface area (Å²) in [6.07, 6.45) is 0. The number of benzene rings is 1. The van der Waals surface area contributed by atoms with Gasteiger partial charge < -0.3 is 9.47 Å². The van der Waals surface area contributed by atoms with Crippen LogP contribution in [0.1, 0.15) is 17.3 Å². The lowest BCUT2D eigenvalue weighted by atomic mass is 10.1. The summed E-state index contributed by atoms with van der Waals surface area (Å²) in [4.78, 5) is 22.8. The first kappa shape index (κ1) is 13.6. The Bertz CT molecular complexity index is 459. The summed E-state index contributed by atoms with van der Waals surface area (Å²) in [5.41, 5.74) is -0.380. The maximum absolute atomic E-state index is 13.7. The van der Waals surface area contributed by atoms with E-state index in [1.165, 1.54) is 19.2 Å². The van der Waals surface area contributed by atoms with Gasteiger partial charge in [-0.2, -0.15) is 0 Å².